The molecule has 1 aromatic rings. The van der Waals surface area contributed by atoms with E-state index in [0.29, 0.717) is 0 Å². The van der Waals surface area contributed by atoms with E-state index < -0.39 is 23.4 Å². The Kier molecular flexibility index (Phi) is 5.34. The first-order chi connectivity index (χ1) is 9.51. The molecule has 0 aliphatic heterocycles. The van der Waals surface area contributed by atoms with Crippen molar-refractivity contribution in [1.82, 2.24) is 0 Å². The lowest BCUT2D eigenvalue weighted by molar-refractivity contribution is 0.0529. The molecule has 2 N–H and O–H groups in total. The monoisotopic (exact) mass is 278 g/mol. The fourth-order valence-electron chi connectivity index (χ4n) is 1.33. The summed E-state index contributed by atoms with van der Waals surface area (Å²) in [7, 11) is 0. The molecule has 1 aromatic carbocycles. The van der Waals surface area contributed by atoms with Crippen LogP contribution in [0.3, 0.4) is 0 Å². The summed E-state index contributed by atoms with van der Waals surface area (Å²) in [6.45, 7) is 6.67. The van der Waals surface area contributed by atoms with Crippen LogP contribution in [0.5, 0.6) is 11.5 Å². The number of phenolic OH excluding ortho intramolecular Hbond substituents is 2. The lowest BCUT2D eigenvalue weighted by atomic mass is 10.1. The van der Waals surface area contributed by atoms with Crippen LogP contribution in [0, 0.1) is 0 Å². The zero-order valence-corrected chi connectivity index (χ0v) is 10.7. The van der Waals surface area contributed by atoms with Crippen LogP contribution in [0.2, 0.25) is 0 Å². The second-order valence-corrected chi connectivity index (χ2v) is 3.66. The first-order valence-electron chi connectivity index (χ1n) is 5.63. The van der Waals surface area contributed by atoms with E-state index >= 15 is 0 Å². The number of rotatable bonds is 6. The van der Waals surface area contributed by atoms with Gasteiger partial charge >= 0.3 is 11.9 Å². The molecule has 0 spiro atoms. The summed E-state index contributed by atoms with van der Waals surface area (Å²) in [5.41, 5.74) is -0.519. The topological polar surface area (TPSA) is 93.1 Å². The van der Waals surface area contributed by atoms with E-state index in [1.165, 1.54) is 12.2 Å². The number of hydrogen-bond acceptors (Lipinski definition) is 6. The second-order valence-electron chi connectivity index (χ2n) is 3.66. The van der Waals surface area contributed by atoms with Crippen molar-refractivity contribution in [2.75, 3.05) is 13.2 Å². The van der Waals surface area contributed by atoms with Crippen LogP contribution in [-0.2, 0) is 9.47 Å². The summed E-state index contributed by atoms with van der Waals surface area (Å²) in [6.07, 6.45) is 2.71. The Morgan fingerprint density at radius 1 is 0.950 bits per heavy atom. The highest BCUT2D eigenvalue weighted by Crippen LogP contribution is 2.28. The Bertz CT molecular complexity index is 497. The minimum Gasteiger partial charge on any atom is -0.507 e. The van der Waals surface area contributed by atoms with Crippen LogP contribution in [0.1, 0.15) is 20.7 Å². The molecule has 0 unspecified atom stereocenters. The molecule has 6 nitrogen and oxygen atoms in total. The highest BCUT2D eigenvalue weighted by Gasteiger charge is 2.20. The zero-order valence-electron chi connectivity index (χ0n) is 10.7. The molecule has 6 heteroatoms. The van der Waals surface area contributed by atoms with Crippen molar-refractivity contribution in [2.24, 2.45) is 0 Å². The number of phenols is 2. The molecular weight excluding hydrogens is 264 g/mol. The van der Waals surface area contributed by atoms with Crippen molar-refractivity contribution in [1.29, 1.82) is 0 Å². The Morgan fingerprint density at radius 3 is 1.60 bits per heavy atom. The predicted molar refractivity (Wildman–Crippen MR) is 70.7 cm³/mol. The van der Waals surface area contributed by atoms with Crippen LogP contribution >= 0.6 is 0 Å². The number of aromatic hydroxyl groups is 2. The maximum atomic E-state index is 11.6. The summed E-state index contributed by atoms with van der Waals surface area (Å²) < 4.78 is 9.44. The van der Waals surface area contributed by atoms with Gasteiger partial charge < -0.3 is 19.7 Å². The van der Waals surface area contributed by atoms with Crippen LogP contribution < -0.4 is 0 Å². The number of esters is 2. The smallest absolute Gasteiger partial charge is 0.342 e. The minimum absolute atomic E-state index is 0.0395. The third-order valence-corrected chi connectivity index (χ3v) is 2.22. The highest BCUT2D eigenvalue weighted by molar-refractivity contribution is 5.98. The van der Waals surface area contributed by atoms with E-state index in [4.69, 9.17) is 9.47 Å². The van der Waals surface area contributed by atoms with Crippen molar-refractivity contribution < 1.29 is 29.3 Å². The highest BCUT2D eigenvalue weighted by atomic mass is 16.5. The third-order valence-electron chi connectivity index (χ3n) is 2.22. The van der Waals surface area contributed by atoms with Gasteiger partial charge in [-0.1, -0.05) is 25.3 Å². The first-order valence-corrected chi connectivity index (χ1v) is 5.63. The Hall–Kier alpha value is -2.76. The molecule has 0 aliphatic rings. The van der Waals surface area contributed by atoms with Gasteiger partial charge in [0.25, 0.3) is 0 Å². The second kappa shape index (κ2) is 6.98. The van der Waals surface area contributed by atoms with Crippen LogP contribution in [0.25, 0.3) is 0 Å². The van der Waals surface area contributed by atoms with Crippen LogP contribution in [0.4, 0.5) is 0 Å². The maximum absolute atomic E-state index is 11.6. The van der Waals surface area contributed by atoms with Gasteiger partial charge in [0.2, 0.25) is 0 Å². The third kappa shape index (κ3) is 3.61. The molecule has 0 amide bonds. The molecule has 0 atom stereocenters. The fourth-order valence-corrected chi connectivity index (χ4v) is 1.33. The summed E-state index contributed by atoms with van der Waals surface area (Å²) in [5.74, 6) is -2.68. The van der Waals surface area contributed by atoms with Gasteiger partial charge in [-0.15, -0.1) is 0 Å². The van der Waals surface area contributed by atoms with Crippen molar-refractivity contribution in [3.63, 3.8) is 0 Å². The van der Waals surface area contributed by atoms with E-state index in [0.717, 1.165) is 12.1 Å². The largest absolute Gasteiger partial charge is 0.507 e. The maximum Gasteiger partial charge on any atom is 0.342 e. The average Bonchev–Trinajstić information content (AvgIpc) is 2.44. The molecular formula is C14H14O6. The SMILES string of the molecule is C=CCOC(=O)c1cc(O)c(C(=O)OCC=C)cc1O. The van der Waals surface area contributed by atoms with E-state index in [2.05, 4.69) is 13.2 Å². The molecule has 20 heavy (non-hydrogen) atoms. The molecule has 0 radical (unpaired) electrons. The van der Waals surface area contributed by atoms with Crippen LogP contribution in [0.15, 0.2) is 37.4 Å². The molecule has 0 aliphatic carbocycles. The Balaban J connectivity index is 3.02. The fraction of sp³-hybridized carbons (Fsp3) is 0.143. The lowest BCUT2D eigenvalue weighted by Crippen LogP contribution is -2.09. The summed E-state index contributed by atoms with van der Waals surface area (Å²) in [6, 6.07) is 1.87. The first kappa shape index (κ1) is 15.3. The predicted octanol–water partition coefficient (Wildman–Crippen LogP) is 1.78. The van der Waals surface area contributed by atoms with E-state index in [1.54, 1.807) is 0 Å². The van der Waals surface area contributed by atoms with Crippen molar-refractivity contribution in [3.8, 4) is 11.5 Å². The molecule has 0 saturated carbocycles. The number of hydrogen-bond donors (Lipinski definition) is 2. The standard InChI is InChI=1S/C14H14O6/c1-3-5-19-13(17)9-7-12(16)10(8-11(9)15)14(18)20-6-4-2/h3-4,7-8,15-16H,1-2,5-6H2. The number of carbonyl (C=O) groups excluding carboxylic acids is 2. The Morgan fingerprint density at radius 2 is 1.30 bits per heavy atom. The van der Waals surface area contributed by atoms with E-state index in [1.807, 2.05) is 0 Å². The van der Waals surface area contributed by atoms with Gasteiger partial charge in [0.1, 0.15) is 35.8 Å². The molecule has 1 rings (SSSR count). The number of benzene rings is 1. The molecule has 0 saturated heterocycles. The van der Waals surface area contributed by atoms with Gasteiger partial charge in [0.15, 0.2) is 0 Å². The van der Waals surface area contributed by atoms with Gasteiger partial charge in [-0.2, -0.15) is 0 Å². The minimum atomic E-state index is -0.844. The van der Waals surface area contributed by atoms with Gasteiger partial charge in [0.05, 0.1) is 0 Å². The van der Waals surface area contributed by atoms with E-state index in [9.17, 15) is 19.8 Å². The normalized spacial score (nSPS) is 9.60. The summed E-state index contributed by atoms with van der Waals surface area (Å²) in [5, 5.41) is 19.4. The molecule has 106 valence electrons. The average molecular weight is 278 g/mol. The lowest BCUT2D eigenvalue weighted by Gasteiger charge is -2.09. The quantitative estimate of drug-likeness (QED) is 0.468. The van der Waals surface area contributed by atoms with Crippen molar-refractivity contribution in [3.05, 3.63) is 48.6 Å². The van der Waals surface area contributed by atoms with Crippen LogP contribution in [-0.4, -0.2) is 35.4 Å². The summed E-state index contributed by atoms with van der Waals surface area (Å²) >= 11 is 0. The van der Waals surface area contributed by atoms with Gasteiger partial charge in [-0.05, 0) is 12.1 Å². The van der Waals surface area contributed by atoms with Gasteiger partial charge in [0, 0.05) is 0 Å². The Labute approximate surface area is 115 Å². The van der Waals surface area contributed by atoms with Gasteiger partial charge in [-0.3, -0.25) is 0 Å². The van der Waals surface area contributed by atoms with Crippen molar-refractivity contribution >= 4 is 11.9 Å². The van der Waals surface area contributed by atoms with E-state index in [-0.39, 0.29) is 24.3 Å². The molecule has 0 heterocycles. The number of carbonyl (C=O) groups is 2. The van der Waals surface area contributed by atoms with Gasteiger partial charge in [-0.25, -0.2) is 9.59 Å². The van der Waals surface area contributed by atoms with Crippen molar-refractivity contribution in [2.45, 2.75) is 0 Å². The molecule has 0 bridgehead atoms. The number of ether oxygens (including phenoxy) is 2. The molecule has 0 aromatic heterocycles. The summed E-state index contributed by atoms with van der Waals surface area (Å²) in [4.78, 5) is 23.1. The molecule has 0 fully saturated rings. The zero-order chi connectivity index (χ0) is 15.1.